The molecule has 0 bridgehead atoms. The van der Waals surface area contributed by atoms with Crippen LogP contribution in [0.5, 0.6) is 0 Å². The van der Waals surface area contributed by atoms with Crippen LogP contribution < -0.4 is 0 Å². The Hall–Kier alpha value is -1.27. The van der Waals surface area contributed by atoms with Gasteiger partial charge in [0.2, 0.25) is 6.54 Å². The van der Waals surface area contributed by atoms with Crippen molar-refractivity contribution < 1.29 is 23.6 Å². The number of aliphatic hydroxyl groups is 1. The molecule has 0 aliphatic rings. The van der Waals surface area contributed by atoms with E-state index in [4.69, 9.17) is 9.05 Å². The monoisotopic (exact) mass is 317 g/mol. The molecule has 0 radical (unpaired) electrons. The van der Waals surface area contributed by atoms with E-state index in [1.807, 2.05) is 0 Å². The van der Waals surface area contributed by atoms with Crippen molar-refractivity contribution >= 4 is 7.60 Å². The SMILES string of the molecule is CCOP(=O)(OCC)C(O)(C[N+](=O)[O-])c1cccc(C)c1. The normalized spacial score (nSPS) is 14.7. The van der Waals surface area contributed by atoms with Gasteiger partial charge in [-0.2, -0.15) is 0 Å². The Labute approximate surface area is 123 Å². The van der Waals surface area contributed by atoms with Crippen LogP contribution in [0.4, 0.5) is 0 Å². The van der Waals surface area contributed by atoms with Gasteiger partial charge in [0.25, 0.3) is 5.34 Å². The molecule has 0 heterocycles. The molecular weight excluding hydrogens is 297 g/mol. The van der Waals surface area contributed by atoms with Crippen molar-refractivity contribution in [3.05, 3.63) is 45.5 Å². The highest BCUT2D eigenvalue weighted by molar-refractivity contribution is 7.55. The van der Waals surface area contributed by atoms with Gasteiger partial charge in [-0.05, 0) is 20.8 Å². The van der Waals surface area contributed by atoms with E-state index in [-0.39, 0.29) is 18.8 Å². The summed E-state index contributed by atoms with van der Waals surface area (Å²) in [5, 5.41) is 19.4. The van der Waals surface area contributed by atoms with Gasteiger partial charge >= 0.3 is 7.60 Å². The Morgan fingerprint density at radius 3 is 2.33 bits per heavy atom. The third-order valence-corrected chi connectivity index (χ3v) is 5.38. The molecule has 0 aromatic heterocycles. The summed E-state index contributed by atoms with van der Waals surface area (Å²) in [6.45, 7) is 3.96. The van der Waals surface area contributed by atoms with Crippen molar-refractivity contribution in [2.75, 3.05) is 19.8 Å². The van der Waals surface area contributed by atoms with Crippen molar-refractivity contribution in [1.82, 2.24) is 0 Å². The largest absolute Gasteiger partial charge is 0.373 e. The van der Waals surface area contributed by atoms with Crippen molar-refractivity contribution in [1.29, 1.82) is 0 Å². The lowest BCUT2D eigenvalue weighted by molar-refractivity contribution is -0.496. The summed E-state index contributed by atoms with van der Waals surface area (Å²) in [6.07, 6.45) is 0. The molecule has 0 aliphatic carbocycles. The quantitative estimate of drug-likeness (QED) is 0.449. The van der Waals surface area contributed by atoms with Crippen LogP contribution >= 0.6 is 7.60 Å². The molecule has 1 N–H and O–H groups in total. The summed E-state index contributed by atoms with van der Waals surface area (Å²) in [5.41, 5.74) is 0.915. The van der Waals surface area contributed by atoms with Gasteiger partial charge < -0.3 is 14.2 Å². The second-order valence-corrected chi connectivity index (χ2v) is 6.76. The molecule has 8 heteroatoms. The first-order valence-electron chi connectivity index (χ1n) is 6.59. The number of benzene rings is 1. The van der Waals surface area contributed by atoms with Crippen LogP contribution in [0.3, 0.4) is 0 Å². The number of hydrogen-bond donors (Lipinski definition) is 1. The van der Waals surface area contributed by atoms with Crippen LogP contribution in [-0.4, -0.2) is 29.8 Å². The molecule has 0 aliphatic heterocycles. The minimum atomic E-state index is -4.12. The van der Waals surface area contributed by atoms with E-state index in [1.54, 1.807) is 32.9 Å². The van der Waals surface area contributed by atoms with Crippen LogP contribution in [0.15, 0.2) is 24.3 Å². The lowest BCUT2D eigenvalue weighted by Crippen LogP contribution is -2.36. The molecule has 0 saturated heterocycles. The van der Waals surface area contributed by atoms with Crippen LogP contribution in [0.2, 0.25) is 0 Å². The lowest BCUT2D eigenvalue weighted by Gasteiger charge is -2.31. The molecule has 1 aromatic rings. The molecule has 1 atom stereocenters. The van der Waals surface area contributed by atoms with Gasteiger partial charge in [0.1, 0.15) is 0 Å². The van der Waals surface area contributed by atoms with Crippen LogP contribution in [-0.2, 0) is 19.0 Å². The van der Waals surface area contributed by atoms with Gasteiger partial charge in [-0.1, -0.05) is 29.8 Å². The van der Waals surface area contributed by atoms with Crippen molar-refractivity contribution in [3.63, 3.8) is 0 Å². The average molecular weight is 317 g/mol. The molecule has 1 aromatic carbocycles. The van der Waals surface area contributed by atoms with E-state index < -0.39 is 24.4 Å². The third kappa shape index (κ3) is 3.89. The topological polar surface area (TPSA) is 98.9 Å². The van der Waals surface area contributed by atoms with E-state index in [9.17, 15) is 19.8 Å². The fourth-order valence-electron chi connectivity index (χ4n) is 2.00. The maximum Gasteiger partial charge on any atom is 0.373 e. The van der Waals surface area contributed by atoms with E-state index >= 15 is 0 Å². The molecular formula is C13H20NO6P. The predicted octanol–water partition coefficient (Wildman–Crippen LogP) is 2.68. The second kappa shape index (κ2) is 7.13. The van der Waals surface area contributed by atoms with Gasteiger partial charge in [0.05, 0.1) is 13.2 Å². The molecule has 21 heavy (non-hydrogen) atoms. The van der Waals surface area contributed by atoms with E-state index in [2.05, 4.69) is 0 Å². The molecule has 118 valence electrons. The lowest BCUT2D eigenvalue weighted by atomic mass is 10.1. The van der Waals surface area contributed by atoms with Crippen molar-refractivity contribution in [2.45, 2.75) is 26.1 Å². The van der Waals surface area contributed by atoms with Gasteiger partial charge in [-0.3, -0.25) is 14.7 Å². The Bertz CT molecular complexity index is 539. The molecule has 1 unspecified atom stereocenters. The Kier molecular flexibility index (Phi) is 6.04. The highest BCUT2D eigenvalue weighted by Crippen LogP contribution is 2.63. The number of nitro groups is 1. The van der Waals surface area contributed by atoms with Crippen LogP contribution in [0.25, 0.3) is 0 Å². The smallest absolute Gasteiger partial charge is 0.368 e. The Morgan fingerprint density at radius 1 is 1.33 bits per heavy atom. The highest BCUT2D eigenvalue weighted by atomic mass is 31.2. The summed E-state index contributed by atoms with van der Waals surface area (Å²) in [7, 11) is -4.12. The van der Waals surface area contributed by atoms with E-state index in [1.165, 1.54) is 12.1 Å². The van der Waals surface area contributed by atoms with Gasteiger partial charge in [-0.25, -0.2) is 0 Å². The first-order chi connectivity index (χ1) is 9.79. The third-order valence-electron chi connectivity index (χ3n) is 2.88. The van der Waals surface area contributed by atoms with Crippen molar-refractivity contribution in [2.24, 2.45) is 0 Å². The Morgan fingerprint density at radius 2 is 1.90 bits per heavy atom. The molecule has 1 rings (SSSR count). The number of hydrogen-bond acceptors (Lipinski definition) is 6. The number of aryl methyl sites for hydroxylation is 1. The van der Waals surface area contributed by atoms with Crippen LogP contribution in [0.1, 0.15) is 25.0 Å². The zero-order valence-electron chi connectivity index (χ0n) is 12.3. The minimum Gasteiger partial charge on any atom is -0.368 e. The van der Waals surface area contributed by atoms with Crippen LogP contribution in [0, 0.1) is 17.0 Å². The summed E-state index contributed by atoms with van der Waals surface area (Å²) in [4.78, 5) is 10.2. The van der Waals surface area contributed by atoms with Gasteiger partial charge in [0.15, 0.2) is 0 Å². The molecule has 0 saturated carbocycles. The fourth-order valence-corrected chi connectivity index (χ4v) is 3.93. The van der Waals surface area contributed by atoms with Crippen molar-refractivity contribution in [3.8, 4) is 0 Å². The standard InChI is InChI=1S/C13H20NO6P/c1-4-19-21(18,20-5-2)13(15,10-14(16)17)12-8-6-7-11(3)9-12/h6-9,15H,4-5,10H2,1-3H3. The molecule has 7 nitrogen and oxygen atoms in total. The number of nitrogens with zero attached hydrogens (tertiary/aromatic N) is 1. The molecule has 0 amide bonds. The van der Waals surface area contributed by atoms with E-state index in [0.29, 0.717) is 0 Å². The summed E-state index contributed by atoms with van der Waals surface area (Å²) >= 11 is 0. The summed E-state index contributed by atoms with van der Waals surface area (Å²) in [5.74, 6) is 0. The first kappa shape index (κ1) is 17.8. The maximum atomic E-state index is 12.9. The predicted molar refractivity (Wildman–Crippen MR) is 77.8 cm³/mol. The average Bonchev–Trinajstić information content (AvgIpc) is 2.38. The zero-order valence-corrected chi connectivity index (χ0v) is 13.2. The number of rotatable bonds is 8. The summed E-state index contributed by atoms with van der Waals surface area (Å²) < 4.78 is 23.1. The zero-order chi connectivity index (χ0) is 16.1. The molecule has 0 fully saturated rings. The molecule has 0 spiro atoms. The maximum absolute atomic E-state index is 12.9. The Balaban J connectivity index is 3.43. The highest BCUT2D eigenvalue weighted by Gasteiger charge is 2.55. The van der Waals surface area contributed by atoms with Gasteiger partial charge in [0, 0.05) is 10.5 Å². The minimum absolute atomic E-state index is 0.00309. The fraction of sp³-hybridized carbons (Fsp3) is 0.538. The second-order valence-electron chi connectivity index (χ2n) is 4.51. The van der Waals surface area contributed by atoms with Gasteiger partial charge in [-0.15, -0.1) is 0 Å². The van der Waals surface area contributed by atoms with E-state index in [0.717, 1.165) is 5.56 Å². The summed E-state index contributed by atoms with van der Waals surface area (Å²) in [6, 6.07) is 6.40. The first-order valence-corrected chi connectivity index (χ1v) is 8.14.